The third-order valence-electron chi connectivity index (χ3n) is 2.73. The minimum absolute atomic E-state index is 0.0817. The number of pyridine rings is 1. The number of nitrogens with two attached hydrogens (primary N) is 1. The molecule has 0 atom stereocenters. The van der Waals surface area contributed by atoms with Gasteiger partial charge in [-0.1, -0.05) is 6.92 Å². The van der Waals surface area contributed by atoms with Gasteiger partial charge in [0.1, 0.15) is 5.82 Å². The minimum atomic E-state index is -0.0817. The molecule has 0 saturated heterocycles. The van der Waals surface area contributed by atoms with Crippen molar-refractivity contribution in [3.8, 4) is 0 Å². The molecule has 2 N–H and O–H groups in total. The Morgan fingerprint density at radius 2 is 2.00 bits per heavy atom. The van der Waals surface area contributed by atoms with Crippen LogP contribution in [0.25, 0.3) is 0 Å². The van der Waals surface area contributed by atoms with E-state index >= 15 is 0 Å². The summed E-state index contributed by atoms with van der Waals surface area (Å²) in [5.74, 6) is 1.21. The van der Waals surface area contributed by atoms with Crippen LogP contribution in [0.2, 0.25) is 0 Å². The van der Waals surface area contributed by atoms with Gasteiger partial charge in [-0.15, -0.1) is 11.8 Å². The van der Waals surface area contributed by atoms with E-state index in [-0.39, 0.29) is 11.6 Å². The van der Waals surface area contributed by atoms with Gasteiger partial charge in [0.2, 0.25) is 0 Å². The maximum Gasteiger partial charge on any atom is 0.196 e. The minimum Gasteiger partial charge on any atom is -0.383 e. The molecule has 0 aliphatic carbocycles. The highest BCUT2D eigenvalue weighted by Crippen LogP contribution is 2.20. The summed E-state index contributed by atoms with van der Waals surface area (Å²) in [6.45, 7) is 3.99. The van der Waals surface area contributed by atoms with Gasteiger partial charge in [-0.25, -0.2) is 4.98 Å². The van der Waals surface area contributed by atoms with Crippen LogP contribution in [-0.4, -0.2) is 16.5 Å². The predicted octanol–water partition coefficient (Wildman–Crippen LogP) is 3.32. The Labute approximate surface area is 117 Å². The van der Waals surface area contributed by atoms with Crippen molar-refractivity contribution in [2.75, 3.05) is 11.5 Å². The molecule has 0 aliphatic rings. The molecular weight excluding hydrogens is 256 g/mol. The number of nitrogen functional groups attached to an aromatic ring is 1. The molecule has 1 heterocycles. The van der Waals surface area contributed by atoms with Crippen LogP contribution in [-0.2, 0) is 0 Å². The third-order valence-corrected chi connectivity index (χ3v) is 3.62. The monoisotopic (exact) mass is 272 g/mol. The van der Waals surface area contributed by atoms with Gasteiger partial charge in [0.25, 0.3) is 0 Å². The van der Waals surface area contributed by atoms with Crippen molar-refractivity contribution in [2.24, 2.45) is 0 Å². The van der Waals surface area contributed by atoms with E-state index in [1.165, 1.54) is 0 Å². The van der Waals surface area contributed by atoms with Gasteiger partial charge in [-0.3, -0.25) is 4.79 Å². The van der Waals surface area contributed by atoms with Gasteiger partial charge in [-0.2, -0.15) is 0 Å². The van der Waals surface area contributed by atoms with Crippen LogP contribution in [0.1, 0.15) is 28.4 Å². The smallest absolute Gasteiger partial charge is 0.196 e. The van der Waals surface area contributed by atoms with Gasteiger partial charge in [0.15, 0.2) is 5.78 Å². The Hall–Kier alpha value is -1.81. The average Bonchev–Trinajstić information content (AvgIpc) is 2.42. The van der Waals surface area contributed by atoms with Crippen molar-refractivity contribution in [1.29, 1.82) is 0 Å². The van der Waals surface area contributed by atoms with E-state index in [2.05, 4.69) is 11.9 Å². The van der Waals surface area contributed by atoms with Gasteiger partial charge in [0, 0.05) is 16.7 Å². The van der Waals surface area contributed by atoms with E-state index < -0.39 is 0 Å². The Morgan fingerprint density at radius 1 is 1.32 bits per heavy atom. The van der Waals surface area contributed by atoms with Gasteiger partial charge < -0.3 is 5.73 Å². The Bertz CT molecular complexity index is 594. The summed E-state index contributed by atoms with van der Waals surface area (Å²) in [5.41, 5.74) is 7.80. The number of nitrogens with zero attached hydrogens (tertiary/aromatic N) is 1. The van der Waals surface area contributed by atoms with Crippen LogP contribution < -0.4 is 5.73 Å². The quantitative estimate of drug-likeness (QED) is 0.685. The maximum atomic E-state index is 12.4. The lowest BCUT2D eigenvalue weighted by Crippen LogP contribution is -2.07. The zero-order valence-corrected chi connectivity index (χ0v) is 11.8. The van der Waals surface area contributed by atoms with Crippen molar-refractivity contribution in [3.63, 3.8) is 0 Å². The first kappa shape index (κ1) is 13.6. The average molecular weight is 272 g/mol. The molecule has 19 heavy (non-hydrogen) atoms. The molecule has 0 bridgehead atoms. The van der Waals surface area contributed by atoms with Gasteiger partial charge in [0.05, 0.1) is 5.56 Å². The predicted molar refractivity (Wildman–Crippen MR) is 79.7 cm³/mol. The molecule has 4 heteroatoms. The zero-order valence-electron chi connectivity index (χ0n) is 11.0. The summed E-state index contributed by atoms with van der Waals surface area (Å²) >= 11 is 1.75. The number of hydrogen-bond donors (Lipinski definition) is 1. The first-order valence-corrected chi connectivity index (χ1v) is 7.10. The van der Waals surface area contributed by atoms with Crippen molar-refractivity contribution < 1.29 is 4.79 Å². The molecule has 1 aromatic heterocycles. The van der Waals surface area contributed by atoms with Crippen LogP contribution in [0.4, 0.5) is 5.82 Å². The summed E-state index contributed by atoms with van der Waals surface area (Å²) in [6.07, 6.45) is 1.66. The summed E-state index contributed by atoms with van der Waals surface area (Å²) in [7, 11) is 0. The number of rotatable bonds is 4. The van der Waals surface area contributed by atoms with E-state index in [1.807, 2.05) is 31.2 Å². The Kier molecular flexibility index (Phi) is 4.22. The summed E-state index contributed by atoms with van der Waals surface area (Å²) in [5, 5.41) is 0. The van der Waals surface area contributed by atoms with Crippen LogP contribution >= 0.6 is 11.8 Å². The first-order valence-electron chi connectivity index (χ1n) is 6.11. The molecule has 0 radical (unpaired) electrons. The number of aromatic nitrogens is 1. The molecule has 3 nitrogen and oxygen atoms in total. The van der Waals surface area contributed by atoms with Crippen molar-refractivity contribution in [2.45, 2.75) is 18.7 Å². The topological polar surface area (TPSA) is 56.0 Å². The number of benzene rings is 1. The number of thioether (sulfide) groups is 1. The molecule has 98 valence electrons. The molecule has 1 aromatic carbocycles. The fourth-order valence-corrected chi connectivity index (χ4v) is 2.45. The second-order valence-electron chi connectivity index (χ2n) is 4.23. The standard InChI is InChI=1S/C15H16N2OS/c1-3-19-12-6-4-11(5-7-12)14(18)13-8-10(2)9-17-15(13)16/h4-9H,3H2,1-2H3,(H2,16,17). The lowest BCUT2D eigenvalue weighted by Gasteiger charge is -2.06. The van der Waals surface area contributed by atoms with Gasteiger partial charge >= 0.3 is 0 Å². The van der Waals surface area contributed by atoms with Gasteiger partial charge in [-0.05, 0) is 48.6 Å². The molecular formula is C15H16N2OS. The van der Waals surface area contributed by atoms with Crippen LogP contribution in [0, 0.1) is 6.92 Å². The molecule has 0 spiro atoms. The number of carbonyl (C=O) groups excluding carboxylic acids is 1. The normalized spacial score (nSPS) is 10.4. The first-order chi connectivity index (χ1) is 9.11. The van der Waals surface area contributed by atoms with Crippen LogP contribution in [0.15, 0.2) is 41.4 Å². The van der Waals surface area contributed by atoms with Crippen molar-refractivity contribution >= 4 is 23.4 Å². The number of ketones is 1. The fourth-order valence-electron chi connectivity index (χ4n) is 1.79. The number of hydrogen-bond acceptors (Lipinski definition) is 4. The molecule has 0 aliphatic heterocycles. The zero-order chi connectivity index (χ0) is 13.8. The highest BCUT2D eigenvalue weighted by atomic mass is 32.2. The molecule has 0 saturated carbocycles. The lowest BCUT2D eigenvalue weighted by atomic mass is 10.0. The lowest BCUT2D eigenvalue weighted by molar-refractivity contribution is 0.103. The second-order valence-corrected chi connectivity index (χ2v) is 5.57. The van der Waals surface area contributed by atoms with E-state index in [1.54, 1.807) is 24.0 Å². The van der Waals surface area contributed by atoms with E-state index in [9.17, 15) is 4.79 Å². The number of aryl methyl sites for hydroxylation is 1. The summed E-state index contributed by atoms with van der Waals surface area (Å²) in [4.78, 5) is 17.5. The number of carbonyl (C=O) groups is 1. The fraction of sp³-hybridized carbons (Fsp3) is 0.200. The van der Waals surface area contributed by atoms with Crippen molar-refractivity contribution in [1.82, 2.24) is 4.98 Å². The summed E-state index contributed by atoms with van der Waals surface area (Å²) < 4.78 is 0. The SMILES string of the molecule is CCSc1ccc(C(=O)c2cc(C)cnc2N)cc1. The Balaban J connectivity index is 2.30. The second kappa shape index (κ2) is 5.89. The summed E-state index contributed by atoms with van der Waals surface area (Å²) in [6, 6.07) is 9.37. The largest absolute Gasteiger partial charge is 0.383 e. The molecule has 2 aromatic rings. The van der Waals surface area contributed by atoms with Crippen molar-refractivity contribution in [3.05, 3.63) is 53.2 Å². The van der Waals surface area contributed by atoms with Crippen LogP contribution in [0.3, 0.4) is 0 Å². The highest BCUT2D eigenvalue weighted by Gasteiger charge is 2.13. The third kappa shape index (κ3) is 3.15. The highest BCUT2D eigenvalue weighted by molar-refractivity contribution is 7.99. The molecule has 0 fully saturated rings. The van der Waals surface area contributed by atoms with E-state index in [0.29, 0.717) is 11.1 Å². The Morgan fingerprint density at radius 3 is 2.63 bits per heavy atom. The maximum absolute atomic E-state index is 12.4. The molecule has 0 amide bonds. The van der Waals surface area contributed by atoms with Crippen LogP contribution in [0.5, 0.6) is 0 Å². The van der Waals surface area contributed by atoms with E-state index in [0.717, 1.165) is 16.2 Å². The molecule has 0 unspecified atom stereocenters. The molecule has 2 rings (SSSR count). The number of anilines is 1. The van der Waals surface area contributed by atoms with E-state index in [4.69, 9.17) is 5.73 Å².